The number of nitrogens with zero attached hydrogens (tertiary/aromatic N) is 1. The van der Waals surface area contributed by atoms with Crippen molar-refractivity contribution in [1.82, 2.24) is 26.2 Å². The van der Waals surface area contributed by atoms with E-state index < -0.39 is 136 Å². The molecule has 12 rings (SSSR count). The van der Waals surface area contributed by atoms with E-state index in [0.717, 1.165) is 0 Å². The highest BCUT2D eigenvalue weighted by Crippen LogP contribution is 2.36. The normalized spacial score (nSPS) is 39.5. The number of carbonyl (C=O) groups excluding carboxylic acids is 2. The Hall–Kier alpha value is -3.16. The number of ether oxygens (including phenoxy) is 8. The maximum atomic E-state index is 13.1. The fourth-order valence-electron chi connectivity index (χ4n) is 9.75. The molecule has 12 aliphatic heterocycles. The first-order valence-corrected chi connectivity index (χ1v) is 25.0. The van der Waals surface area contributed by atoms with Crippen LogP contribution in [0.25, 0.3) is 0 Å². The third kappa shape index (κ3) is 15.0. The molecule has 12 fully saturated rings. The second kappa shape index (κ2) is 27.6. The van der Waals surface area contributed by atoms with Gasteiger partial charge < -0.3 is 115 Å². The molecule has 72 heavy (non-hydrogen) atoms. The van der Waals surface area contributed by atoms with Crippen LogP contribution in [-0.4, -0.2) is 231 Å². The van der Waals surface area contributed by atoms with Gasteiger partial charge in [-0.05, 0) is 45.4 Å². The van der Waals surface area contributed by atoms with Crippen LogP contribution >= 0.6 is 0 Å². The van der Waals surface area contributed by atoms with Crippen molar-refractivity contribution in [1.29, 1.82) is 0 Å². The summed E-state index contributed by atoms with van der Waals surface area (Å²) >= 11 is 0. The predicted octanol–water partition coefficient (Wildman–Crippen LogP) is -4.09. The fourth-order valence-corrected chi connectivity index (χ4v) is 9.75. The number of aliphatic hydroxyl groups excluding tert-OH is 10. The largest absolute Gasteiger partial charge is 0.394 e. The molecule has 20 atom stereocenters. The molecular weight excluding hydrogens is 955 g/mol. The summed E-state index contributed by atoms with van der Waals surface area (Å²) < 4.78 is 46.5. The van der Waals surface area contributed by atoms with E-state index in [4.69, 9.17) is 37.9 Å². The van der Waals surface area contributed by atoms with Crippen LogP contribution < -0.4 is 21.3 Å². The summed E-state index contributed by atoms with van der Waals surface area (Å²) in [4.78, 5) is 28.1. The Kier molecular flexibility index (Phi) is 22.3. The minimum Gasteiger partial charge on any atom is -0.394 e. The van der Waals surface area contributed by atoms with Crippen LogP contribution in [0, 0.1) is 11.8 Å². The van der Waals surface area contributed by atoms with Gasteiger partial charge in [0.2, 0.25) is 11.8 Å². The second-order valence-electron chi connectivity index (χ2n) is 19.5. The van der Waals surface area contributed by atoms with Crippen molar-refractivity contribution in [3.63, 3.8) is 0 Å². The molecule has 0 aromatic rings. The zero-order chi connectivity index (χ0) is 52.2. The number of hydrogen-bond acceptors (Lipinski definition) is 23. The zero-order valence-corrected chi connectivity index (χ0v) is 40.9. The van der Waals surface area contributed by atoms with E-state index in [1.807, 2.05) is 11.8 Å². The van der Waals surface area contributed by atoms with Crippen LogP contribution in [0.3, 0.4) is 0 Å². The van der Waals surface area contributed by atoms with Crippen molar-refractivity contribution in [2.24, 2.45) is 11.8 Å². The minimum absolute atomic E-state index is 0.0391. The summed E-state index contributed by atoms with van der Waals surface area (Å²) in [6, 6.07) is 0. The van der Waals surface area contributed by atoms with E-state index in [1.165, 1.54) is 0 Å². The van der Waals surface area contributed by atoms with Gasteiger partial charge in [-0.25, -0.2) is 0 Å². The Morgan fingerprint density at radius 1 is 0.486 bits per heavy atom. The van der Waals surface area contributed by atoms with E-state index >= 15 is 0 Å². The number of aliphatic hydroxyl groups is 10. The number of nitrogens with one attached hydrogen (secondary N) is 4. The molecular formula is C47H79N5O20. The molecule has 14 N–H and O–H groups in total. The Morgan fingerprint density at radius 2 is 0.861 bits per heavy atom. The summed E-state index contributed by atoms with van der Waals surface area (Å²) in [5.74, 6) is -1.86. The number of allylic oxidation sites excluding steroid dienone is 3. The molecule has 12 heterocycles. The van der Waals surface area contributed by atoms with E-state index in [1.54, 1.807) is 0 Å². The maximum absolute atomic E-state index is 13.1. The first-order valence-electron chi connectivity index (χ1n) is 25.0. The molecule has 412 valence electrons. The molecule has 0 aliphatic carbocycles. The van der Waals surface area contributed by atoms with Crippen LogP contribution in [0.1, 0.15) is 71.1 Å². The van der Waals surface area contributed by atoms with Gasteiger partial charge in [0.25, 0.3) is 0 Å². The maximum Gasteiger partial charge on any atom is 0.220 e. The summed E-state index contributed by atoms with van der Waals surface area (Å²) in [6.45, 7) is 13.5. The molecule has 2 amide bonds. The Balaban J connectivity index is 0.913. The van der Waals surface area contributed by atoms with Crippen molar-refractivity contribution >= 4 is 11.8 Å². The molecule has 12 unspecified atom stereocenters. The smallest absolute Gasteiger partial charge is 0.220 e. The zero-order valence-electron chi connectivity index (χ0n) is 40.9. The van der Waals surface area contributed by atoms with Gasteiger partial charge in [-0.1, -0.05) is 32.6 Å². The molecule has 8 bridgehead atoms. The molecule has 0 spiro atoms. The first-order chi connectivity index (χ1) is 34.4. The van der Waals surface area contributed by atoms with Gasteiger partial charge in [0.05, 0.1) is 51.0 Å². The second-order valence-corrected chi connectivity index (χ2v) is 19.5. The Morgan fingerprint density at radius 3 is 1.24 bits per heavy atom. The average Bonchev–Trinajstić information content (AvgIpc) is 3.36. The van der Waals surface area contributed by atoms with E-state index in [0.29, 0.717) is 55.6 Å². The quantitative estimate of drug-likeness (QED) is 0.0547. The SMILES string of the molecule is C=C(CCC(=O)NCC1O[C@@H]2OC3C(CO)O[C@H](OCCCCC1[C@H](O)C2O)C(O)[C@H]3O)NCN(CNC(=C)CCC(=O)NCC1O[C@@H]2OC3C(CO)O[C@H](OCCCCC1[C@H](O)C2O)C(O)[C@H]3O)C(=C)C. The molecule has 25 heteroatoms. The standard InChI is InChI=1S/C47H79N5O20/c1-23(2)52(21-50-24(3)11-13-32(55)48-17-28-26-9-5-7-15-65-44-40(63)36(59)42(30(19-53)69-44)71-46(67-28)38(61)34(26)57)22-51-25(4)12-14-33(56)49-18-29-27-10-6-8-16-66-45-41(64)37(60)43(31(20-54)70-45)72-47(68-29)39(62)35(27)58/h26-31,34-47,50-51,53-54,57-64H,1,3-22H2,2H3,(H,48,55)(H,49,56)/t26?,27?,28?,29?,30?,31?,34-,35-,36+,37+,38?,39?,40?,41?,42?,43?,44-,45-,46+,47+/m0/s1. The highest BCUT2D eigenvalue weighted by atomic mass is 16.8. The number of amides is 2. The van der Waals surface area contributed by atoms with Gasteiger partial charge in [0, 0.05) is 68.1 Å². The van der Waals surface area contributed by atoms with Gasteiger partial charge in [0.15, 0.2) is 25.2 Å². The summed E-state index contributed by atoms with van der Waals surface area (Å²) in [5, 5.41) is 119. The van der Waals surface area contributed by atoms with E-state index in [-0.39, 0.29) is 77.1 Å². The molecule has 12 aliphatic rings. The monoisotopic (exact) mass is 1030 g/mol. The van der Waals surface area contributed by atoms with Crippen molar-refractivity contribution in [3.8, 4) is 0 Å². The highest BCUT2D eigenvalue weighted by Gasteiger charge is 2.53. The Labute approximate surface area is 419 Å². The lowest BCUT2D eigenvalue weighted by molar-refractivity contribution is -0.355. The lowest BCUT2D eigenvalue weighted by Crippen LogP contribution is -2.64. The third-order valence-electron chi connectivity index (χ3n) is 14.2. The molecule has 0 aromatic heterocycles. The fraction of sp³-hybridized carbons (Fsp3) is 0.830. The molecule has 25 nitrogen and oxygen atoms in total. The lowest BCUT2D eigenvalue weighted by atomic mass is 9.84. The molecule has 12 saturated heterocycles. The summed E-state index contributed by atoms with van der Waals surface area (Å²) in [7, 11) is 0. The van der Waals surface area contributed by atoms with Gasteiger partial charge in [-0.15, -0.1) is 0 Å². The molecule has 0 radical (unpaired) electrons. The third-order valence-corrected chi connectivity index (χ3v) is 14.2. The topological polar surface area (TPSA) is 362 Å². The van der Waals surface area contributed by atoms with Crippen molar-refractivity contribution in [2.45, 2.75) is 182 Å². The van der Waals surface area contributed by atoms with Crippen LogP contribution in [-0.2, 0) is 47.5 Å². The lowest BCUT2D eigenvalue weighted by Gasteiger charge is -2.47. The van der Waals surface area contributed by atoms with E-state index in [9.17, 15) is 60.7 Å². The van der Waals surface area contributed by atoms with Gasteiger partial charge in [-0.3, -0.25) is 9.59 Å². The summed E-state index contributed by atoms with van der Waals surface area (Å²) in [5.41, 5.74) is 1.82. The first kappa shape index (κ1) is 58.1. The average molecular weight is 1030 g/mol. The number of carbonyl (C=O) groups is 2. The number of rotatable bonds is 19. The van der Waals surface area contributed by atoms with Crippen molar-refractivity contribution < 1.29 is 98.5 Å². The van der Waals surface area contributed by atoms with Gasteiger partial charge in [0.1, 0.15) is 61.0 Å². The van der Waals surface area contributed by atoms with Gasteiger partial charge in [-0.2, -0.15) is 0 Å². The highest BCUT2D eigenvalue weighted by molar-refractivity contribution is 5.76. The molecule has 0 aromatic carbocycles. The minimum atomic E-state index is -1.57. The van der Waals surface area contributed by atoms with Crippen LogP contribution in [0.15, 0.2) is 36.8 Å². The van der Waals surface area contributed by atoms with Crippen molar-refractivity contribution in [2.75, 3.05) is 52.9 Å². The molecule has 0 saturated carbocycles. The number of hydrogen-bond donors (Lipinski definition) is 14. The summed E-state index contributed by atoms with van der Waals surface area (Å²) in [6.07, 6.45) is -20.4. The van der Waals surface area contributed by atoms with Gasteiger partial charge >= 0.3 is 0 Å². The van der Waals surface area contributed by atoms with Crippen LogP contribution in [0.2, 0.25) is 0 Å². The van der Waals surface area contributed by atoms with Crippen LogP contribution in [0.4, 0.5) is 0 Å². The Bertz CT molecular complexity index is 1650. The van der Waals surface area contributed by atoms with Crippen molar-refractivity contribution in [3.05, 3.63) is 36.8 Å². The van der Waals surface area contributed by atoms with E-state index in [2.05, 4.69) is 41.0 Å². The predicted molar refractivity (Wildman–Crippen MR) is 249 cm³/mol. The van der Waals surface area contributed by atoms with Crippen LogP contribution in [0.5, 0.6) is 0 Å².